The molecule has 130 heavy (non-hydrogen) atoms. The van der Waals surface area contributed by atoms with Gasteiger partial charge in [-0.25, -0.2) is 0 Å². The molecule has 2 aromatic carbocycles. The lowest BCUT2D eigenvalue weighted by Crippen LogP contribution is -2.31. The molecule has 7 nitrogen and oxygen atoms in total. The highest BCUT2D eigenvalue weighted by molar-refractivity contribution is 14.1. The van der Waals surface area contributed by atoms with E-state index in [1.807, 2.05) is 6.07 Å². The Morgan fingerprint density at radius 2 is 0.623 bits per heavy atom. The maximum absolute atomic E-state index is 6.31. The van der Waals surface area contributed by atoms with E-state index >= 15 is 0 Å². The Balaban J connectivity index is 0.00000150. The van der Waals surface area contributed by atoms with Crippen molar-refractivity contribution >= 4 is 148 Å². The van der Waals surface area contributed by atoms with Crippen molar-refractivity contribution < 1.29 is 0 Å². The molecule has 4 fully saturated rings. The second-order valence-electron chi connectivity index (χ2n) is 49.4. The fraction of sp³-hybridized carbons (Fsp3) is 0.857. The summed E-state index contributed by atoms with van der Waals surface area (Å²) in [6.07, 6.45) is 80.6. The topological polar surface area (TPSA) is 126 Å². The maximum atomic E-state index is 6.31. The van der Waals surface area contributed by atoms with Gasteiger partial charge < -0.3 is 17.2 Å². The van der Waals surface area contributed by atoms with Crippen molar-refractivity contribution in [2.75, 3.05) is 0 Å². The van der Waals surface area contributed by atoms with Crippen molar-refractivity contribution in [3.05, 3.63) is 71.8 Å². The molecule has 0 aliphatic heterocycles. The monoisotopic (exact) mass is 2370 g/mol. The van der Waals surface area contributed by atoms with E-state index in [4.69, 9.17) is 17.2 Å². The minimum atomic E-state index is -1.18. The fourth-order valence-corrected chi connectivity index (χ4v) is 29.6. The number of nitrogens with two attached hydrogens (primary N) is 3. The number of unbranched alkanes of at least 4 members (excludes halogenated alkanes) is 16. The van der Waals surface area contributed by atoms with Crippen LogP contribution in [0.25, 0.3) is 0 Å². The predicted octanol–water partition coefficient (Wildman–Crippen LogP) is 38.5. The zero-order valence-electron chi connectivity index (χ0n) is 90.4. The smallest absolute Gasteiger partial charge is 0.129 e. The van der Waals surface area contributed by atoms with Crippen molar-refractivity contribution in [2.24, 2.45) is 40.9 Å². The van der Waals surface area contributed by atoms with E-state index in [2.05, 4.69) is 328 Å². The lowest BCUT2D eigenvalue weighted by Gasteiger charge is -2.29. The van der Waals surface area contributed by atoms with E-state index in [0.29, 0.717) is 18.1 Å². The molecule has 18 heteroatoms. The first-order valence-corrected chi connectivity index (χ1v) is 85.2. The van der Waals surface area contributed by atoms with E-state index < -0.39 is 56.5 Å². The lowest BCUT2D eigenvalue weighted by atomic mass is 9.82. The second kappa shape index (κ2) is 82.1. The lowest BCUT2D eigenvalue weighted by molar-refractivity contribution is 0.284. The van der Waals surface area contributed by atoms with Crippen LogP contribution in [0.2, 0.25) is 168 Å². The molecule has 0 heterocycles. The van der Waals surface area contributed by atoms with Gasteiger partial charge in [0.1, 0.15) is 16.1 Å². The van der Waals surface area contributed by atoms with E-state index in [1.165, 1.54) is 382 Å². The highest BCUT2D eigenvalue weighted by Crippen LogP contribution is 2.34. The van der Waals surface area contributed by atoms with Crippen LogP contribution in [0.1, 0.15) is 403 Å². The van der Waals surface area contributed by atoms with Gasteiger partial charge in [-0.1, -0.05) is 492 Å². The average Bonchev–Trinajstić information content (AvgIpc) is 0.902. The van der Waals surface area contributed by atoms with Crippen LogP contribution in [0.5, 0.6) is 0 Å². The van der Waals surface area contributed by atoms with Crippen LogP contribution in [0.3, 0.4) is 0 Å². The molecule has 4 aliphatic carbocycles. The summed E-state index contributed by atoms with van der Waals surface area (Å²) < 4.78 is 13.9. The van der Waals surface area contributed by atoms with Crippen LogP contribution in [0.15, 0.2) is 60.7 Å². The van der Waals surface area contributed by atoms with Crippen LogP contribution >= 0.6 is 91.5 Å². The minimum Gasteiger partial charge on any atom is -0.328 e. The summed E-state index contributed by atoms with van der Waals surface area (Å²) in [5, 5.41) is 0. The highest BCUT2D eigenvalue weighted by Gasteiger charge is 2.26. The number of hydrogen-bond donors (Lipinski definition) is 7. The fourth-order valence-electron chi connectivity index (χ4n) is 19.0. The molecule has 0 bridgehead atoms. The molecule has 10 N–H and O–H groups in total. The van der Waals surface area contributed by atoms with Gasteiger partial charge in [-0.2, -0.15) is 0 Å². The predicted molar refractivity (Wildman–Crippen MR) is 649 cm³/mol. The Labute approximate surface area is 877 Å². The van der Waals surface area contributed by atoms with Gasteiger partial charge in [0.15, 0.2) is 0 Å². The molecule has 0 spiro atoms. The summed E-state index contributed by atoms with van der Waals surface area (Å²) in [5.74, 6) is 10.6. The maximum Gasteiger partial charge on any atom is 0.129 e. The van der Waals surface area contributed by atoms with Gasteiger partial charge in [0.2, 0.25) is 0 Å². The van der Waals surface area contributed by atoms with Crippen molar-refractivity contribution in [1.29, 1.82) is 0 Å². The summed E-state index contributed by atoms with van der Waals surface area (Å²) in [4.78, 5) is 0. The van der Waals surface area contributed by atoms with Gasteiger partial charge in [-0.15, -0.1) is 22.9 Å². The normalized spacial score (nSPS) is 16.9. The van der Waals surface area contributed by atoms with Gasteiger partial charge in [-0.05, 0) is 138 Å². The van der Waals surface area contributed by atoms with Crippen molar-refractivity contribution in [1.82, 2.24) is 14.1 Å². The molecule has 0 radical (unpaired) electrons. The summed E-state index contributed by atoms with van der Waals surface area (Å²) in [6.45, 7) is 53.2. The zero-order chi connectivity index (χ0) is 97.3. The Bertz CT molecular complexity index is 2940. The molecule has 0 aromatic heterocycles. The Morgan fingerprint density at radius 3 is 0.992 bits per heavy atom. The standard InChI is InChI=1S/C18H38INSi.C18H39NSi.C16H24INSi.C16H36INSi.C16H25NSi.C14H30INSi.C14H31NSi/c1-21(2,3)16-10-9-15-18(20-19)14-8-7-13-17-11-5-4-6-12-17;1-20(2,3)16-10-9-15-18(19)14-8-7-13-17-11-5-4-6-12-17;1-19(2,3)14-10-5-4-9-13-16(18-17)15-11-7-6-8-12-15;1-5-6-7-8-9-10-13-16(18-17)14-11-12-15-19(2,3)4;1-18(2,3)14-10-5-4-9-13-16(17)15-11-7-6-8-12-15;1-17(2,3)12-8-7-11-14(16-15)13-9-5-4-6-10-13;1-16(2,3)12-8-7-11-14(15)13-9-5-4-6-10-13/h17-18,20H,4-16H2,1-3H3;17-18H,4-16,19H2,1-3H3;6-8,11-12,16,18H,4-5,9,13H2,1-3H3;16,18H,5-15H2,1-4H3;6-8,11-12,16H,4-5,9,13,17H2,1-3H3;13-14,16H,4-12H2,1-3H3;13-14H,4-12,15H2,1-3H3. The Kier molecular flexibility index (Phi) is 83.1. The molecule has 0 saturated heterocycles. The van der Waals surface area contributed by atoms with Gasteiger partial charge in [-0.3, -0.25) is 14.1 Å². The largest absolute Gasteiger partial charge is 0.328 e. The van der Waals surface area contributed by atoms with Crippen LogP contribution in [-0.4, -0.2) is 86.7 Å². The quantitative estimate of drug-likeness (QED) is 0.0116. The van der Waals surface area contributed by atoms with Crippen molar-refractivity contribution in [2.45, 2.75) is 589 Å². The van der Waals surface area contributed by atoms with Gasteiger partial charge >= 0.3 is 0 Å². The summed E-state index contributed by atoms with van der Waals surface area (Å²) >= 11 is 9.36. The molecule has 7 atom stereocenters. The number of hydrogen-bond acceptors (Lipinski definition) is 7. The molecule has 762 valence electrons. The number of rotatable bonds is 58. The summed E-state index contributed by atoms with van der Waals surface area (Å²) in [5.41, 5.74) is 28.2. The second-order valence-corrected chi connectivity index (χ2v) is 89.5. The van der Waals surface area contributed by atoms with E-state index in [9.17, 15) is 0 Å². The molecule has 7 unspecified atom stereocenters. The Hall–Kier alpha value is 1.72. The Morgan fingerprint density at radius 1 is 0.308 bits per heavy atom. The van der Waals surface area contributed by atoms with Gasteiger partial charge in [0, 0.05) is 187 Å². The van der Waals surface area contributed by atoms with E-state index in [1.54, 1.807) is 0 Å². The number of halogens is 4. The van der Waals surface area contributed by atoms with Crippen LogP contribution in [0, 0.1) is 46.6 Å². The van der Waals surface area contributed by atoms with E-state index in [-0.39, 0.29) is 6.04 Å². The first-order valence-electron chi connectivity index (χ1n) is 55.3. The van der Waals surface area contributed by atoms with Crippen LogP contribution < -0.4 is 31.3 Å². The molecular formula is C112H223I4N7Si7. The van der Waals surface area contributed by atoms with Gasteiger partial charge in [0.05, 0.1) is 0 Å². The first-order chi connectivity index (χ1) is 61.5. The van der Waals surface area contributed by atoms with Crippen molar-refractivity contribution in [3.63, 3.8) is 0 Å². The third-order valence-corrected chi connectivity index (χ3v) is 41.8. The van der Waals surface area contributed by atoms with Crippen molar-refractivity contribution in [3.8, 4) is 22.9 Å². The highest BCUT2D eigenvalue weighted by atomic mass is 127. The van der Waals surface area contributed by atoms with E-state index in [0.717, 1.165) is 73.9 Å². The third-order valence-electron chi connectivity index (χ3n) is 27.3. The van der Waals surface area contributed by atoms with Gasteiger partial charge in [0.25, 0.3) is 0 Å². The number of nitrogens with one attached hydrogen (secondary N) is 4. The molecule has 2 aromatic rings. The molecule has 6 rings (SSSR count). The average molecular weight is 2370 g/mol. The van der Waals surface area contributed by atoms with Crippen LogP contribution in [-0.2, 0) is 0 Å². The van der Waals surface area contributed by atoms with Crippen LogP contribution in [0.4, 0.5) is 0 Å². The molecule has 4 saturated carbocycles. The molecular weight excluding hydrogens is 2150 g/mol. The third kappa shape index (κ3) is 88.6. The summed E-state index contributed by atoms with van der Waals surface area (Å²) in [6, 6.07) is 32.4. The zero-order valence-corrected chi connectivity index (χ0v) is 106. The molecule has 0 amide bonds. The summed E-state index contributed by atoms with van der Waals surface area (Å²) in [7, 11) is -6.40. The number of benzene rings is 2. The first kappa shape index (κ1) is 132. The molecule has 4 aliphatic rings. The minimum absolute atomic E-state index is 0.177. The SMILES string of the molecule is CCCCCCCCC(CCCC[Si](C)(C)C)NI.C[Si](C)(C)C#CCCCCC(N)c1ccccc1.C[Si](C)(C)C#CCCCCC(NI)c1ccccc1.C[Si](C)(C)CCCCC(CCCCC1CCCCC1)NI.C[Si](C)(C)CCCCC(N)C1CCCCC1.C[Si](C)(C)CCCCC(N)CCCCC1CCCCC1.C[Si](C)(C)CCCCC(NI)C1CCCCC1.